The third-order valence-corrected chi connectivity index (χ3v) is 5.18. The zero-order valence-corrected chi connectivity index (χ0v) is 15.8. The highest BCUT2D eigenvalue weighted by molar-refractivity contribution is 5.98. The summed E-state index contributed by atoms with van der Waals surface area (Å²) >= 11 is 0. The third kappa shape index (κ3) is 4.34. The second kappa shape index (κ2) is 8.44. The van der Waals surface area contributed by atoms with Crippen molar-refractivity contribution in [3.05, 3.63) is 58.7 Å². The number of fused-ring (bicyclic) bond motifs is 2. The Hall–Kier alpha value is -2.86. The van der Waals surface area contributed by atoms with Crippen molar-refractivity contribution in [2.45, 2.75) is 32.2 Å². The predicted molar refractivity (Wildman–Crippen MR) is 105 cm³/mol. The van der Waals surface area contributed by atoms with Crippen LogP contribution in [0.25, 0.3) is 0 Å². The summed E-state index contributed by atoms with van der Waals surface area (Å²) in [7, 11) is 0. The molecule has 2 aliphatic heterocycles. The second-order valence-corrected chi connectivity index (χ2v) is 7.12. The van der Waals surface area contributed by atoms with Gasteiger partial charge in [-0.1, -0.05) is 18.2 Å². The zero-order valence-electron chi connectivity index (χ0n) is 15.8. The molecule has 2 aromatic carbocycles. The lowest BCUT2D eigenvalue weighted by molar-refractivity contribution is -0.121. The molecule has 0 unspecified atom stereocenters. The maximum Gasteiger partial charge on any atom is 0.231 e. The molecule has 2 aromatic rings. The molecule has 146 valence electrons. The van der Waals surface area contributed by atoms with Gasteiger partial charge >= 0.3 is 0 Å². The molecule has 6 heteroatoms. The van der Waals surface area contributed by atoms with Gasteiger partial charge in [0.05, 0.1) is 0 Å². The Kier molecular flexibility index (Phi) is 5.58. The molecule has 0 aliphatic carbocycles. The first kappa shape index (κ1) is 18.5. The Bertz CT molecular complexity index is 894. The van der Waals surface area contributed by atoms with Crippen LogP contribution in [-0.2, 0) is 24.2 Å². The van der Waals surface area contributed by atoms with Crippen LogP contribution in [0.3, 0.4) is 0 Å². The fraction of sp³-hybridized carbons (Fsp3) is 0.364. The van der Waals surface area contributed by atoms with Crippen molar-refractivity contribution in [1.29, 1.82) is 0 Å². The molecule has 2 N–H and O–H groups in total. The topological polar surface area (TPSA) is 76.7 Å². The maximum atomic E-state index is 12.5. The van der Waals surface area contributed by atoms with Crippen molar-refractivity contribution in [3.8, 4) is 11.5 Å². The van der Waals surface area contributed by atoms with Crippen LogP contribution >= 0.6 is 0 Å². The summed E-state index contributed by atoms with van der Waals surface area (Å²) in [6, 6.07) is 11.5. The van der Waals surface area contributed by atoms with E-state index >= 15 is 0 Å². The fourth-order valence-corrected chi connectivity index (χ4v) is 3.56. The normalized spacial score (nSPS) is 14.9. The molecule has 0 atom stereocenters. The summed E-state index contributed by atoms with van der Waals surface area (Å²) in [5.41, 5.74) is 4.18. The summed E-state index contributed by atoms with van der Waals surface area (Å²) in [4.78, 5) is 24.6. The minimum Gasteiger partial charge on any atom is -0.454 e. The SMILES string of the molecule is O=C(CCC(=O)c1ccc2c(c1)CCNCC2)NCc1ccc2c(c1)OCO2. The van der Waals surface area contributed by atoms with Crippen molar-refractivity contribution < 1.29 is 19.1 Å². The average molecular weight is 380 g/mol. The number of nitrogens with one attached hydrogen (secondary N) is 2. The number of carbonyl (C=O) groups excluding carboxylic acids is 2. The van der Waals surface area contributed by atoms with E-state index < -0.39 is 0 Å². The van der Waals surface area contributed by atoms with E-state index in [0.29, 0.717) is 17.9 Å². The van der Waals surface area contributed by atoms with Crippen LogP contribution in [0.4, 0.5) is 0 Å². The molecule has 0 spiro atoms. The summed E-state index contributed by atoms with van der Waals surface area (Å²) in [5.74, 6) is 1.29. The van der Waals surface area contributed by atoms with Gasteiger partial charge in [-0.3, -0.25) is 9.59 Å². The van der Waals surface area contributed by atoms with Crippen LogP contribution in [0, 0.1) is 0 Å². The highest BCUT2D eigenvalue weighted by Crippen LogP contribution is 2.32. The molecule has 2 aliphatic rings. The number of ketones is 1. The summed E-state index contributed by atoms with van der Waals surface area (Å²) in [6.07, 6.45) is 2.32. The Morgan fingerprint density at radius 3 is 2.64 bits per heavy atom. The molecule has 0 bridgehead atoms. The van der Waals surface area contributed by atoms with Crippen LogP contribution < -0.4 is 20.1 Å². The number of hydrogen-bond acceptors (Lipinski definition) is 5. The van der Waals surface area contributed by atoms with Gasteiger partial charge in [0, 0.05) is 24.9 Å². The number of rotatable bonds is 6. The minimum absolute atomic E-state index is 0.0123. The molecule has 0 saturated heterocycles. The number of Topliss-reactive ketones (excluding diaryl/α,β-unsaturated/α-hetero) is 1. The molecule has 0 fully saturated rings. The standard InChI is InChI=1S/C22H24N2O4/c25-19(18-3-2-16-7-9-23-10-8-17(16)12-18)4-6-22(26)24-13-15-1-5-20-21(11-15)28-14-27-20/h1-3,5,11-12,23H,4,6-10,13-14H2,(H,24,26). The van der Waals surface area contributed by atoms with Gasteiger partial charge in [0.2, 0.25) is 12.7 Å². The molecule has 2 heterocycles. The number of carbonyl (C=O) groups is 2. The van der Waals surface area contributed by atoms with E-state index in [1.165, 1.54) is 11.1 Å². The first-order valence-corrected chi connectivity index (χ1v) is 9.70. The summed E-state index contributed by atoms with van der Waals surface area (Å²) in [6.45, 7) is 2.54. The van der Waals surface area contributed by atoms with Crippen LogP contribution in [-0.4, -0.2) is 31.6 Å². The van der Waals surface area contributed by atoms with E-state index in [1.807, 2.05) is 30.3 Å². The quantitative estimate of drug-likeness (QED) is 0.753. The van der Waals surface area contributed by atoms with Gasteiger partial charge in [-0.25, -0.2) is 0 Å². The lowest BCUT2D eigenvalue weighted by Crippen LogP contribution is -2.23. The molecule has 28 heavy (non-hydrogen) atoms. The maximum absolute atomic E-state index is 12.5. The van der Waals surface area contributed by atoms with Crippen LogP contribution in [0.1, 0.15) is 39.9 Å². The second-order valence-electron chi connectivity index (χ2n) is 7.12. The third-order valence-electron chi connectivity index (χ3n) is 5.18. The van der Waals surface area contributed by atoms with Gasteiger partial charge in [0.15, 0.2) is 17.3 Å². The van der Waals surface area contributed by atoms with E-state index in [4.69, 9.17) is 9.47 Å². The number of benzene rings is 2. The van der Waals surface area contributed by atoms with Crippen LogP contribution in [0.5, 0.6) is 11.5 Å². The molecule has 0 aromatic heterocycles. The highest BCUT2D eigenvalue weighted by Gasteiger charge is 2.15. The van der Waals surface area contributed by atoms with E-state index in [1.54, 1.807) is 0 Å². The van der Waals surface area contributed by atoms with Crippen LogP contribution in [0.2, 0.25) is 0 Å². The Balaban J connectivity index is 1.27. The molecule has 0 radical (unpaired) electrons. The van der Waals surface area contributed by atoms with Gasteiger partial charge in [-0.05, 0) is 60.8 Å². The zero-order chi connectivity index (χ0) is 19.3. The monoisotopic (exact) mass is 380 g/mol. The minimum atomic E-state index is -0.134. The van der Waals surface area contributed by atoms with Crippen molar-refractivity contribution in [2.24, 2.45) is 0 Å². The molecule has 4 rings (SSSR count). The first-order chi connectivity index (χ1) is 13.7. The van der Waals surface area contributed by atoms with Crippen molar-refractivity contribution in [3.63, 3.8) is 0 Å². The van der Waals surface area contributed by atoms with Crippen LogP contribution in [0.15, 0.2) is 36.4 Å². The van der Waals surface area contributed by atoms with Gasteiger partial charge in [-0.15, -0.1) is 0 Å². The molecular formula is C22H24N2O4. The Morgan fingerprint density at radius 2 is 1.75 bits per heavy atom. The molecule has 6 nitrogen and oxygen atoms in total. The average Bonchev–Trinajstić information content (AvgIpc) is 3.06. The summed E-state index contributed by atoms with van der Waals surface area (Å²) in [5, 5.41) is 6.23. The van der Waals surface area contributed by atoms with E-state index in [9.17, 15) is 9.59 Å². The fourth-order valence-electron chi connectivity index (χ4n) is 3.56. The Labute approximate surface area is 164 Å². The van der Waals surface area contributed by atoms with E-state index in [0.717, 1.165) is 37.2 Å². The molecular weight excluding hydrogens is 356 g/mol. The number of hydrogen-bond donors (Lipinski definition) is 2. The van der Waals surface area contributed by atoms with Gasteiger partial charge in [0.1, 0.15) is 0 Å². The van der Waals surface area contributed by atoms with Crippen molar-refractivity contribution in [1.82, 2.24) is 10.6 Å². The van der Waals surface area contributed by atoms with Crippen molar-refractivity contribution in [2.75, 3.05) is 19.9 Å². The van der Waals surface area contributed by atoms with Crippen molar-refractivity contribution >= 4 is 11.7 Å². The number of amides is 1. The highest BCUT2D eigenvalue weighted by atomic mass is 16.7. The largest absolute Gasteiger partial charge is 0.454 e. The van der Waals surface area contributed by atoms with E-state index in [-0.39, 0.29) is 31.3 Å². The molecule has 1 amide bonds. The smallest absolute Gasteiger partial charge is 0.231 e. The summed E-state index contributed by atoms with van der Waals surface area (Å²) < 4.78 is 10.6. The first-order valence-electron chi connectivity index (χ1n) is 9.70. The lowest BCUT2D eigenvalue weighted by atomic mass is 9.97. The molecule has 0 saturated carbocycles. The van der Waals surface area contributed by atoms with Gasteiger partial charge < -0.3 is 20.1 Å². The van der Waals surface area contributed by atoms with Gasteiger partial charge in [-0.2, -0.15) is 0 Å². The lowest BCUT2D eigenvalue weighted by Gasteiger charge is -2.09. The predicted octanol–water partition coefficient (Wildman–Crippen LogP) is 2.38. The Morgan fingerprint density at radius 1 is 0.929 bits per heavy atom. The van der Waals surface area contributed by atoms with E-state index in [2.05, 4.69) is 16.7 Å². The van der Waals surface area contributed by atoms with Gasteiger partial charge in [0.25, 0.3) is 0 Å². The number of ether oxygens (including phenoxy) is 2.